The summed E-state index contributed by atoms with van der Waals surface area (Å²) in [6, 6.07) is 26.3. The normalized spacial score (nSPS) is 12.9. The third-order valence-corrected chi connectivity index (χ3v) is 10.9. The van der Waals surface area contributed by atoms with Gasteiger partial charge in [0, 0.05) is 27.6 Å². The average Bonchev–Trinajstić information content (AvgIpc) is 3.15. The molecule has 0 aliphatic rings. The summed E-state index contributed by atoms with van der Waals surface area (Å²) in [6.07, 6.45) is 0. The molecule has 7 aromatic carbocycles. The molecule has 7 rings (SSSR count). The van der Waals surface area contributed by atoms with Crippen LogP contribution >= 0.6 is 0 Å². The molecule has 0 heterocycles. The lowest BCUT2D eigenvalue weighted by Crippen LogP contribution is -1.97. The SMILES string of the molecule is O=S(=O)(O)c1cc(O)c2c(N=Nc3ccc(N=Nc4ccc(N=Nc5ccccc5)c5ccc(S(=O)(=O)O)cc45)c4cc(S(=O)(=O)O)ccc34)c(O)ccc2c1. The van der Waals surface area contributed by atoms with Crippen molar-refractivity contribution in [3.8, 4) is 11.5 Å². The van der Waals surface area contributed by atoms with E-state index in [0.29, 0.717) is 16.8 Å². The molecule has 0 aliphatic carbocycles. The number of phenols is 2. The van der Waals surface area contributed by atoms with Crippen LogP contribution in [0.3, 0.4) is 0 Å². The average molecular weight is 813 g/mol. The largest absolute Gasteiger partial charge is 0.507 e. The maximum atomic E-state index is 12.1. The van der Waals surface area contributed by atoms with E-state index in [2.05, 4.69) is 30.7 Å². The van der Waals surface area contributed by atoms with E-state index in [1.807, 2.05) is 6.07 Å². The molecule has 7 aromatic rings. The lowest BCUT2D eigenvalue weighted by molar-refractivity contribution is 0.468. The third kappa shape index (κ3) is 7.68. The second kappa shape index (κ2) is 14.3. The minimum Gasteiger partial charge on any atom is -0.507 e. The summed E-state index contributed by atoms with van der Waals surface area (Å²) in [6.45, 7) is 0. The van der Waals surface area contributed by atoms with Crippen LogP contribution in [0.15, 0.2) is 161 Å². The third-order valence-electron chi connectivity index (χ3n) is 8.35. The first kappa shape index (κ1) is 37.8. The molecule has 0 aromatic heterocycles. The Bertz CT molecular complexity index is 3190. The Labute approximate surface area is 316 Å². The van der Waals surface area contributed by atoms with Gasteiger partial charge in [-0.05, 0) is 78.2 Å². The molecular weight excluding hydrogens is 789 g/mol. The standard InChI is InChI=1S/C36H24N6O11S3/c43-33-15-6-20-16-24(56(51,52)53)19-34(44)35(20)36(33)42-41-30-12-14-32(28-18-23(55(48,49)50)8-10-26(28)30)40-39-31-13-11-29(38-37-21-4-2-1-3-5-21)25-9-7-22(17-27(25)31)54(45,46)47/h1-19,43-44H,(H,45,46,47)(H,48,49,50)(H,51,52,53). The zero-order chi connectivity index (χ0) is 40.0. The van der Waals surface area contributed by atoms with Crippen LogP contribution in [-0.4, -0.2) is 49.1 Å². The summed E-state index contributed by atoms with van der Waals surface area (Å²) in [4.78, 5) is -1.53. The maximum absolute atomic E-state index is 12.1. The van der Waals surface area contributed by atoms with Crippen molar-refractivity contribution in [2.24, 2.45) is 30.7 Å². The second-order valence-corrected chi connectivity index (χ2v) is 16.2. The number of hydrogen-bond acceptors (Lipinski definition) is 14. The van der Waals surface area contributed by atoms with E-state index in [-0.39, 0.29) is 49.7 Å². The molecule has 0 unspecified atom stereocenters. The molecule has 0 radical (unpaired) electrons. The molecule has 0 spiro atoms. The maximum Gasteiger partial charge on any atom is 0.294 e. The van der Waals surface area contributed by atoms with Crippen molar-refractivity contribution in [1.29, 1.82) is 0 Å². The summed E-state index contributed by atoms with van der Waals surface area (Å²) in [7, 11) is -14.0. The van der Waals surface area contributed by atoms with Crippen LogP contribution in [-0.2, 0) is 30.4 Å². The van der Waals surface area contributed by atoms with Crippen molar-refractivity contribution in [3.05, 3.63) is 115 Å². The number of phenolic OH excluding ortho intramolecular Hbond substituents is 2. The van der Waals surface area contributed by atoms with Crippen molar-refractivity contribution in [2.45, 2.75) is 14.7 Å². The summed E-state index contributed by atoms with van der Waals surface area (Å²) >= 11 is 0. The van der Waals surface area contributed by atoms with Crippen LogP contribution in [0.1, 0.15) is 0 Å². The fraction of sp³-hybridized carbons (Fsp3) is 0. The van der Waals surface area contributed by atoms with Crippen LogP contribution in [0, 0.1) is 0 Å². The highest BCUT2D eigenvalue weighted by Crippen LogP contribution is 2.44. The molecule has 0 aliphatic heterocycles. The quantitative estimate of drug-likeness (QED) is 0.0675. The van der Waals surface area contributed by atoms with Gasteiger partial charge in [-0.15, -0.1) is 25.6 Å². The number of aromatic hydroxyl groups is 2. The Morgan fingerprint density at radius 1 is 0.393 bits per heavy atom. The van der Waals surface area contributed by atoms with Crippen LogP contribution < -0.4 is 0 Å². The van der Waals surface area contributed by atoms with Crippen LogP contribution in [0.4, 0.5) is 34.1 Å². The van der Waals surface area contributed by atoms with Gasteiger partial charge in [-0.1, -0.05) is 36.4 Å². The molecule has 0 saturated carbocycles. The summed E-state index contributed by atoms with van der Waals surface area (Å²) in [5.41, 5.74) is 0.889. The van der Waals surface area contributed by atoms with Crippen molar-refractivity contribution in [1.82, 2.24) is 0 Å². The summed E-state index contributed by atoms with van der Waals surface area (Å²) in [5.74, 6) is -1.08. The molecule has 0 atom stereocenters. The number of nitrogens with zero attached hydrogens (tertiary/aromatic N) is 6. The van der Waals surface area contributed by atoms with Crippen molar-refractivity contribution in [3.63, 3.8) is 0 Å². The van der Waals surface area contributed by atoms with Gasteiger partial charge in [0.1, 0.15) is 17.2 Å². The Morgan fingerprint density at radius 3 is 1.36 bits per heavy atom. The van der Waals surface area contributed by atoms with Crippen LogP contribution in [0.2, 0.25) is 0 Å². The topological polar surface area (TPSA) is 278 Å². The first-order chi connectivity index (χ1) is 26.5. The second-order valence-electron chi connectivity index (χ2n) is 12.0. The molecule has 17 nitrogen and oxygen atoms in total. The molecule has 20 heteroatoms. The predicted octanol–water partition coefficient (Wildman–Crippen LogP) is 9.54. The van der Waals surface area contributed by atoms with Gasteiger partial charge in [0.15, 0.2) is 0 Å². The lowest BCUT2D eigenvalue weighted by atomic mass is 10.1. The van der Waals surface area contributed by atoms with Gasteiger partial charge >= 0.3 is 0 Å². The van der Waals surface area contributed by atoms with Gasteiger partial charge in [0.25, 0.3) is 30.4 Å². The molecule has 282 valence electrons. The summed E-state index contributed by atoms with van der Waals surface area (Å²) in [5, 5.41) is 47.7. The first-order valence-electron chi connectivity index (χ1n) is 15.8. The summed E-state index contributed by atoms with van der Waals surface area (Å²) < 4.78 is 101. The Balaban J connectivity index is 1.35. The van der Waals surface area contributed by atoms with Crippen molar-refractivity contribution >= 4 is 96.8 Å². The van der Waals surface area contributed by atoms with E-state index in [9.17, 15) is 49.1 Å². The highest BCUT2D eigenvalue weighted by atomic mass is 32.2. The Hall–Kier alpha value is -6.55. The zero-order valence-electron chi connectivity index (χ0n) is 28.1. The molecule has 0 fully saturated rings. The highest BCUT2D eigenvalue weighted by molar-refractivity contribution is 7.86. The van der Waals surface area contributed by atoms with Crippen LogP contribution in [0.25, 0.3) is 32.3 Å². The van der Waals surface area contributed by atoms with Crippen molar-refractivity contribution < 1.29 is 49.1 Å². The number of fused-ring (bicyclic) bond motifs is 3. The number of hydrogen-bond donors (Lipinski definition) is 5. The van der Waals surface area contributed by atoms with Gasteiger partial charge < -0.3 is 10.2 Å². The number of rotatable bonds is 9. The van der Waals surface area contributed by atoms with Gasteiger partial charge in [0.05, 0.1) is 48.5 Å². The fourth-order valence-electron chi connectivity index (χ4n) is 5.72. The Kier molecular flexibility index (Phi) is 9.62. The lowest BCUT2D eigenvalue weighted by Gasteiger charge is -2.09. The minimum absolute atomic E-state index is 0.0553. The van der Waals surface area contributed by atoms with E-state index >= 15 is 0 Å². The molecule has 0 saturated heterocycles. The molecule has 0 bridgehead atoms. The van der Waals surface area contributed by atoms with Gasteiger partial charge in [-0.3, -0.25) is 13.7 Å². The van der Waals surface area contributed by atoms with Crippen LogP contribution in [0.5, 0.6) is 11.5 Å². The zero-order valence-corrected chi connectivity index (χ0v) is 30.5. The first-order valence-corrected chi connectivity index (χ1v) is 20.1. The number of benzene rings is 7. The molecular formula is C36H24N6O11S3. The van der Waals surface area contributed by atoms with E-state index in [4.69, 9.17) is 0 Å². The molecule has 5 N–H and O–H groups in total. The minimum atomic E-state index is -4.72. The smallest absolute Gasteiger partial charge is 0.294 e. The van der Waals surface area contributed by atoms with E-state index in [1.165, 1.54) is 54.6 Å². The highest BCUT2D eigenvalue weighted by Gasteiger charge is 2.19. The van der Waals surface area contributed by atoms with E-state index < -0.39 is 56.5 Å². The van der Waals surface area contributed by atoms with Gasteiger partial charge in [-0.2, -0.15) is 30.4 Å². The Morgan fingerprint density at radius 2 is 0.857 bits per heavy atom. The number of azo groups is 3. The van der Waals surface area contributed by atoms with Gasteiger partial charge in [-0.25, -0.2) is 0 Å². The molecule has 0 amide bonds. The molecule has 56 heavy (non-hydrogen) atoms. The van der Waals surface area contributed by atoms with Gasteiger partial charge in [0.2, 0.25) is 0 Å². The van der Waals surface area contributed by atoms with E-state index in [0.717, 1.165) is 24.3 Å². The monoisotopic (exact) mass is 812 g/mol. The van der Waals surface area contributed by atoms with Crippen molar-refractivity contribution in [2.75, 3.05) is 0 Å². The predicted molar refractivity (Wildman–Crippen MR) is 204 cm³/mol. The fourth-order valence-corrected chi connectivity index (χ4v) is 7.27. The van der Waals surface area contributed by atoms with E-state index in [1.54, 1.807) is 30.3 Å².